The van der Waals surface area contributed by atoms with Crippen LogP contribution in [-0.2, 0) is 13.1 Å². The van der Waals surface area contributed by atoms with Crippen molar-refractivity contribution >= 4 is 0 Å². The molecule has 17 heavy (non-hydrogen) atoms. The molecule has 0 aliphatic heterocycles. The van der Waals surface area contributed by atoms with Crippen molar-refractivity contribution in [3.8, 4) is 0 Å². The monoisotopic (exact) mass is 233 g/mol. The van der Waals surface area contributed by atoms with E-state index in [2.05, 4.69) is 41.4 Å². The Kier molecular flexibility index (Phi) is 3.58. The van der Waals surface area contributed by atoms with E-state index in [-0.39, 0.29) is 0 Å². The van der Waals surface area contributed by atoms with Crippen molar-refractivity contribution < 1.29 is 0 Å². The molecule has 0 aliphatic carbocycles. The lowest BCUT2D eigenvalue weighted by Gasteiger charge is -2.13. The first-order valence-electron chi connectivity index (χ1n) is 5.96. The number of rotatable bonds is 5. The van der Waals surface area contributed by atoms with Crippen LogP contribution < -0.4 is 5.32 Å². The molecule has 5 nitrogen and oxygen atoms in total. The van der Waals surface area contributed by atoms with Crippen molar-refractivity contribution in [2.45, 2.75) is 39.9 Å². The van der Waals surface area contributed by atoms with E-state index in [0.29, 0.717) is 6.04 Å². The molecule has 1 unspecified atom stereocenters. The maximum absolute atomic E-state index is 4.36. The van der Waals surface area contributed by atoms with Gasteiger partial charge in [-0.05, 0) is 26.8 Å². The maximum atomic E-state index is 4.36. The number of nitrogens with one attached hydrogen (secondary N) is 2. The highest BCUT2D eigenvalue weighted by Crippen LogP contribution is 2.16. The van der Waals surface area contributed by atoms with Crippen molar-refractivity contribution in [2.24, 2.45) is 0 Å². The molecule has 0 fully saturated rings. The molecule has 0 saturated carbocycles. The quantitative estimate of drug-likeness (QED) is 0.827. The van der Waals surface area contributed by atoms with Gasteiger partial charge in [-0.25, -0.2) is 0 Å². The Balaban J connectivity index is 1.99. The van der Waals surface area contributed by atoms with E-state index in [1.165, 1.54) is 11.3 Å². The molecule has 0 bridgehead atoms. The van der Waals surface area contributed by atoms with Gasteiger partial charge in [0.15, 0.2) is 0 Å². The van der Waals surface area contributed by atoms with E-state index < -0.39 is 0 Å². The predicted octanol–water partition coefficient (Wildman–Crippen LogP) is 1.79. The standard InChI is InChI=1S/C12H19N5/c1-4-17-10(3)12(8-15-17)9(2)13-7-11-5-6-14-16-11/h5-6,8-9,13H,4,7H2,1-3H3,(H,14,16). The summed E-state index contributed by atoms with van der Waals surface area (Å²) in [6, 6.07) is 2.26. The average Bonchev–Trinajstić information content (AvgIpc) is 2.95. The molecule has 0 aromatic carbocycles. The predicted molar refractivity (Wildman–Crippen MR) is 66.5 cm³/mol. The van der Waals surface area contributed by atoms with Crippen LogP contribution in [0.4, 0.5) is 0 Å². The first kappa shape index (κ1) is 11.9. The SMILES string of the molecule is CCn1ncc(C(C)NCc2ccn[nH]2)c1C. The fraction of sp³-hybridized carbons (Fsp3) is 0.500. The van der Waals surface area contributed by atoms with Crippen LogP contribution in [0, 0.1) is 6.92 Å². The van der Waals surface area contributed by atoms with Gasteiger partial charge in [-0.2, -0.15) is 10.2 Å². The second-order valence-electron chi connectivity index (χ2n) is 4.19. The Morgan fingerprint density at radius 3 is 2.94 bits per heavy atom. The van der Waals surface area contributed by atoms with Crippen molar-refractivity contribution in [3.63, 3.8) is 0 Å². The van der Waals surface area contributed by atoms with Crippen LogP contribution in [0.2, 0.25) is 0 Å². The van der Waals surface area contributed by atoms with Crippen LogP contribution in [0.15, 0.2) is 18.5 Å². The van der Waals surface area contributed by atoms with Gasteiger partial charge in [-0.1, -0.05) is 0 Å². The normalized spacial score (nSPS) is 12.9. The summed E-state index contributed by atoms with van der Waals surface area (Å²) in [5.74, 6) is 0. The van der Waals surface area contributed by atoms with Gasteiger partial charge in [0.05, 0.1) is 6.20 Å². The third kappa shape index (κ3) is 2.55. The summed E-state index contributed by atoms with van der Waals surface area (Å²) < 4.78 is 2.02. The van der Waals surface area contributed by atoms with Crippen LogP contribution in [0.3, 0.4) is 0 Å². The van der Waals surface area contributed by atoms with Gasteiger partial charge in [0, 0.05) is 42.3 Å². The second kappa shape index (κ2) is 5.14. The van der Waals surface area contributed by atoms with Gasteiger partial charge < -0.3 is 5.32 Å². The Morgan fingerprint density at radius 2 is 2.35 bits per heavy atom. The van der Waals surface area contributed by atoms with Crippen LogP contribution in [0.1, 0.15) is 36.8 Å². The van der Waals surface area contributed by atoms with E-state index in [4.69, 9.17) is 0 Å². The van der Waals surface area contributed by atoms with Crippen LogP contribution in [0.5, 0.6) is 0 Å². The lowest BCUT2D eigenvalue weighted by atomic mass is 10.1. The molecule has 2 aromatic heterocycles. The summed E-state index contributed by atoms with van der Waals surface area (Å²) in [4.78, 5) is 0. The van der Waals surface area contributed by atoms with E-state index in [0.717, 1.165) is 18.8 Å². The Hall–Kier alpha value is -1.62. The highest BCUT2D eigenvalue weighted by Gasteiger charge is 2.12. The molecule has 92 valence electrons. The smallest absolute Gasteiger partial charge is 0.0540 e. The molecule has 0 amide bonds. The van der Waals surface area contributed by atoms with E-state index in [1.807, 2.05) is 16.9 Å². The molecule has 2 N–H and O–H groups in total. The first-order valence-corrected chi connectivity index (χ1v) is 5.96. The van der Waals surface area contributed by atoms with Gasteiger partial charge in [0.25, 0.3) is 0 Å². The zero-order valence-electron chi connectivity index (χ0n) is 10.6. The van der Waals surface area contributed by atoms with E-state index in [1.54, 1.807) is 6.20 Å². The lowest BCUT2D eigenvalue weighted by molar-refractivity contribution is 0.560. The summed E-state index contributed by atoms with van der Waals surface area (Å²) in [6.45, 7) is 8.07. The Labute approximate surface area is 101 Å². The number of aromatic nitrogens is 4. The highest BCUT2D eigenvalue weighted by molar-refractivity contribution is 5.20. The number of aryl methyl sites for hydroxylation is 1. The fourth-order valence-corrected chi connectivity index (χ4v) is 1.96. The van der Waals surface area contributed by atoms with E-state index >= 15 is 0 Å². The van der Waals surface area contributed by atoms with Crippen molar-refractivity contribution in [2.75, 3.05) is 0 Å². The van der Waals surface area contributed by atoms with Gasteiger partial charge in [-0.15, -0.1) is 0 Å². The van der Waals surface area contributed by atoms with Gasteiger partial charge >= 0.3 is 0 Å². The molecule has 2 rings (SSSR count). The number of hydrogen-bond donors (Lipinski definition) is 2. The Morgan fingerprint density at radius 1 is 1.53 bits per heavy atom. The number of H-pyrrole nitrogens is 1. The summed E-state index contributed by atoms with van der Waals surface area (Å²) in [5, 5.41) is 14.7. The number of hydrogen-bond acceptors (Lipinski definition) is 3. The third-order valence-corrected chi connectivity index (χ3v) is 3.06. The largest absolute Gasteiger partial charge is 0.304 e. The highest BCUT2D eigenvalue weighted by atomic mass is 15.3. The first-order chi connectivity index (χ1) is 8.22. The van der Waals surface area contributed by atoms with Crippen LogP contribution >= 0.6 is 0 Å². The van der Waals surface area contributed by atoms with Gasteiger partial charge in [-0.3, -0.25) is 9.78 Å². The minimum absolute atomic E-state index is 0.290. The van der Waals surface area contributed by atoms with E-state index in [9.17, 15) is 0 Å². The molecule has 2 heterocycles. The minimum Gasteiger partial charge on any atom is -0.304 e. The maximum Gasteiger partial charge on any atom is 0.0540 e. The number of aromatic amines is 1. The molecule has 5 heteroatoms. The molecular formula is C12H19N5. The molecule has 1 atom stereocenters. The third-order valence-electron chi connectivity index (χ3n) is 3.06. The Bertz CT molecular complexity index is 457. The molecule has 0 saturated heterocycles. The fourth-order valence-electron chi connectivity index (χ4n) is 1.96. The van der Waals surface area contributed by atoms with Crippen LogP contribution in [0.25, 0.3) is 0 Å². The molecule has 0 spiro atoms. The molecule has 0 aliphatic rings. The summed E-state index contributed by atoms with van der Waals surface area (Å²) >= 11 is 0. The number of nitrogens with zero attached hydrogens (tertiary/aromatic N) is 3. The summed E-state index contributed by atoms with van der Waals surface area (Å²) in [6.07, 6.45) is 3.71. The van der Waals surface area contributed by atoms with Crippen LogP contribution in [-0.4, -0.2) is 20.0 Å². The van der Waals surface area contributed by atoms with Crippen molar-refractivity contribution in [1.82, 2.24) is 25.3 Å². The zero-order chi connectivity index (χ0) is 12.3. The van der Waals surface area contributed by atoms with Gasteiger partial charge in [0.1, 0.15) is 0 Å². The zero-order valence-corrected chi connectivity index (χ0v) is 10.6. The van der Waals surface area contributed by atoms with Crippen molar-refractivity contribution in [1.29, 1.82) is 0 Å². The molecular weight excluding hydrogens is 214 g/mol. The molecule has 2 aromatic rings. The topological polar surface area (TPSA) is 58.5 Å². The minimum atomic E-state index is 0.290. The summed E-state index contributed by atoms with van der Waals surface area (Å²) in [5.41, 5.74) is 3.58. The second-order valence-corrected chi connectivity index (χ2v) is 4.19. The molecule has 0 radical (unpaired) electrons. The van der Waals surface area contributed by atoms with Crippen molar-refractivity contribution in [3.05, 3.63) is 35.4 Å². The lowest BCUT2D eigenvalue weighted by Crippen LogP contribution is -2.19. The summed E-state index contributed by atoms with van der Waals surface area (Å²) in [7, 11) is 0. The average molecular weight is 233 g/mol. The van der Waals surface area contributed by atoms with Gasteiger partial charge in [0.2, 0.25) is 0 Å².